The Bertz CT molecular complexity index is 1100. The van der Waals surface area contributed by atoms with Crippen molar-refractivity contribution in [2.24, 2.45) is 0 Å². The minimum atomic E-state index is -1.01. The number of benzene rings is 3. The highest BCUT2D eigenvalue weighted by Gasteiger charge is 2.22. The molecule has 0 aliphatic carbocycles. The monoisotopic (exact) mass is 387 g/mol. The molecule has 0 spiro atoms. The maximum absolute atomic E-state index is 13.1. The molecule has 5 heteroatoms. The van der Waals surface area contributed by atoms with Crippen LogP contribution in [0.4, 0.5) is 0 Å². The number of carbonyl (C=O) groups is 2. The third-order valence-electron chi connectivity index (χ3n) is 5.10. The molecule has 4 rings (SSSR count). The number of rotatable bonds is 5. The maximum Gasteiger partial charge on any atom is 0.341 e. The normalized spacial score (nSPS) is 13.8. The van der Waals surface area contributed by atoms with Crippen molar-refractivity contribution in [2.75, 3.05) is 19.7 Å². The number of carboxylic acid groups (broad SMARTS) is 1. The van der Waals surface area contributed by atoms with E-state index in [1.54, 1.807) is 6.07 Å². The van der Waals surface area contributed by atoms with E-state index in [4.69, 9.17) is 9.84 Å². The van der Waals surface area contributed by atoms with Crippen molar-refractivity contribution in [3.05, 3.63) is 83.9 Å². The summed E-state index contributed by atoms with van der Waals surface area (Å²) in [6.45, 7) is 0.724. The van der Waals surface area contributed by atoms with Gasteiger partial charge in [-0.3, -0.25) is 4.79 Å². The molecule has 146 valence electrons. The quantitative estimate of drug-likeness (QED) is 0.711. The van der Waals surface area contributed by atoms with Crippen LogP contribution in [-0.2, 0) is 4.79 Å². The van der Waals surface area contributed by atoms with Crippen LogP contribution in [0.5, 0.6) is 5.75 Å². The van der Waals surface area contributed by atoms with E-state index in [1.165, 1.54) is 0 Å². The van der Waals surface area contributed by atoms with E-state index < -0.39 is 5.97 Å². The molecular formula is C24H21NO4. The Morgan fingerprint density at radius 3 is 2.52 bits per heavy atom. The maximum atomic E-state index is 13.1. The summed E-state index contributed by atoms with van der Waals surface area (Å²) in [6.07, 6.45) is 2.71. The number of ether oxygens (including phenoxy) is 1. The van der Waals surface area contributed by atoms with E-state index in [-0.39, 0.29) is 12.5 Å². The van der Waals surface area contributed by atoms with Crippen molar-refractivity contribution in [1.82, 2.24) is 4.90 Å². The summed E-state index contributed by atoms with van der Waals surface area (Å²) < 4.78 is 5.42. The summed E-state index contributed by atoms with van der Waals surface area (Å²) in [6, 6.07) is 21.1. The first kappa shape index (κ1) is 18.7. The predicted molar refractivity (Wildman–Crippen MR) is 112 cm³/mol. The molecule has 1 N–H and O–H groups in total. The molecule has 3 aromatic rings. The fraction of sp³-hybridized carbons (Fsp3) is 0.167. The Kier molecular flexibility index (Phi) is 5.29. The van der Waals surface area contributed by atoms with E-state index in [2.05, 4.69) is 0 Å². The van der Waals surface area contributed by atoms with E-state index in [1.807, 2.05) is 71.6 Å². The van der Waals surface area contributed by atoms with Gasteiger partial charge in [0, 0.05) is 24.2 Å². The van der Waals surface area contributed by atoms with Gasteiger partial charge in [-0.05, 0) is 34.9 Å². The van der Waals surface area contributed by atoms with Gasteiger partial charge in [-0.15, -0.1) is 0 Å². The molecule has 0 radical (unpaired) electrons. The van der Waals surface area contributed by atoms with Crippen molar-refractivity contribution in [2.45, 2.75) is 6.42 Å². The molecule has 29 heavy (non-hydrogen) atoms. The second-order valence-corrected chi connectivity index (χ2v) is 6.94. The predicted octanol–water partition coefficient (Wildman–Crippen LogP) is 4.23. The molecule has 0 atom stereocenters. The first-order valence-corrected chi connectivity index (χ1v) is 9.53. The van der Waals surface area contributed by atoms with E-state index in [0.717, 1.165) is 21.9 Å². The number of carboxylic acids is 1. The molecule has 0 aromatic heterocycles. The molecule has 1 amide bonds. The lowest BCUT2D eigenvalue weighted by Crippen LogP contribution is -2.34. The van der Waals surface area contributed by atoms with Crippen LogP contribution in [0.3, 0.4) is 0 Å². The van der Waals surface area contributed by atoms with Gasteiger partial charge in [-0.1, -0.05) is 60.7 Å². The molecule has 1 aliphatic rings. The fourth-order valence-corrected chi connectivity index (χ4v) is 3.68. The summed E-state index contributed by atoms with van der Waals surface area (Å²) in [5.41, 5.74) is 2.66. The van der Waals surface area contributed by atoms with Crippen molar-refractivity contribution < 1.29 is 19.4 Å². The third kappa shape index (κ3) is 3.99. The topological polar surface area (TPSA) is 66.8 Å². The van der Waals surface area contributed by atoms with Crippen LogP contribution in [0.1, 0.15) is 22.3 Å². The molecule has 0 bridgehead atoms. The van der Waals surface area contributed by atoms with Crippen LogP contribution < -0.4 is 4.74 Å². The van der Waals surface area contributed by atoms with E-state index >= 15 is 0 Å². The van der Waals surface area contributed by atoms with Crippen LogP contribution in [0.2, 0.25) is 0 Å². The van der Waals surface area contributed by atoms with Gasteiger partial charge < -0.3 is 14.7 Å². The number of aliphatic carboxylic acids is 1. The summed E-state index contributed by atoms with van der Waals surface area (Å²) in [4.78, 5) is 25.8. The van der Waals surface area contributed by atoms with Gasteiger partial charge in [-0.2, -0.15) is 0 Å². The molecule has 5 nitrogen and oxygen atoms in total. The lowest BCUT2D eigenvalue weighted by molar-refractivity contribution is -0.139. The van der Waals surface area contributed by atoms with Crippen LogP contribution in [0.15, 0.2) is 72.8 Å². The molecule has 0 saturated carbocycles. The van der Waals surface area contributed by atoms with Crippen LogP contribution in [-0.4, -0.2) is 41.6 Å². The fourth-order valence-electron chi connectivity index (χ4n) is 3.68. The molecule has 0 saturated heterocycles. The lowest BCUT2D eigenvalue weighted by Gasteiger charge is -2.27. The average molecular weight is 387 g/mol. The van der Waals surface area contributed by atoms with Gasteiger partial charge in [0.15, 0.2) is 6.61 Å². The second kappa shape index (κ2) is 8.19. The SMILES string of the molecule is O=C(O)COc1ccccc1C1=CCN(C(=O)c2cccc3ccccc23)CC1. The highest BCUT2D eigenvalue weighted by molar-refractivity contribution is 6.07. The first-order valence-electron chi connectivity index (χ1n) is 9.53. The highest BCUT2D eigenvalue weighted by atomic mass is 16.5. The number of hydrogen-bond acceptors (Lipinski definition) is 3. The molecule has 0 fully saturated rings. The highest BCUT2D eigenvalue weighted by Crippen LogP contribution is 2.31. The number of fused-ring (bicyclic) bond motifs is 1. The Balaban J connectivity index is 1.54. The Hall–Kier alpha value is -3.60. The van der Waals surface area contributed by atoms with Crippen molar-refractivity contribution in [3.63, 3.8) is 0 Å². The summed E-state index contributed by atoms with van der Waals surface area (Å²) in [5, 5.41) is 10.9. The Morgan fingerprint density at radius 2 is 1.72 bits per heavy atom. The van der Waals surface area contributed by atoms with Gasteiger partial charge >= 0.3 is 5.97 Å². The van der Waals surface area contributed by atoms with Crippen LogP contribution in [0, 0.1) is 0 Å². The molecular weight excluding hydrogens is 366 g/mol. The molecule has 3 aromatic carbocycles. The summed E-state index contributed by atoms with van der Waals surface area (Å²) >= 11 is 0. The zero-order valence-electron chi connectivity index (χ0n) is 15.9. The minimum absolute atomic E-state index is 0.0208. The van der Waals surface area contributed by atoms with Gasteiger partial charge in [0.05, 0.1) is 0 Å². The van der Waals surface area contributed by atoms with Gasteiger partial charge in [0.1, 0.15) is 5.75 Å². The molecule has 0 unspecified atom stereocenters. The van der Waals surface area contributed by atoms with Gasteiger partial charge in [0.25, 0.3) is 5.91 Å². The number of para-hydroxylation sites is 1. The molecule has 1 heterocycles. The zero-order chi connectivity index (χ0) is 20.2. The van der Waals surface area contributed by atoms with E-state index in [9.17, 15) is 9.59 Å². The van der Waals surface area contributed by atoms with Crippen LogP contribution in [0.25, 0.3) is 16.3 Å². The largest absolute Gasteiger partial charge is 0.481 e. The number of hydrogen-bond donors (Lipinski definition) is 1. The number of amides is 1. The zero-order valence-corrected chi connectivity index (χ0v) is 15.9. The summed E-state index contributed by atoms with van der Waals surface area (Å²) in [5.74, 6) is -0.438. The third-order valence-corrected chi connectivity index (χ3v) is 5.10. The average Bonchev–Trinajstić information content (AvgIpc) is 2.77. The Labute approximate surface area is 168 Å². The van der Waals surface area contributed by atoms with Crippen molar-refractivity contribution in [1.29, 1.82) is 0 Å². The first-order chi connectivity index (χ1) is 14.1. The number of carbonyl (C=O) groups excluding carboxylic acids is 1. The standard InChI is InChI=1S/C24H21NO4/c26-23(27)16-29-22-11-4-3-9-20(22)18-12-14-25(15-13-18)24(28)21-10-5-7-17-6-1-2-8-19(17)21/h1-12H,13-16H2,(H,26,27). The van der Waals surface area contributed by atoms with Crippen molar-refractivity contribution >= 4 is 28.2 Å². The van der Waals surface area contributed by atoms with Gasteiger partial charge in [0.2, 0.25) is 0 Å². The number of nitrogens with zero attached hydrogens (tertiary/aromatic N) is 1. The van der Waals surface area contributed by atoms with Crippen LogP contribution >= 0.6 is 0 Å². The smallest absolute Gasteiger partial charge is 0.341 e. The van der Waals surface area contributed by atoms with E-state index in [0.29, 0.717) is 30.8 Å². The Morgan fingerprint density at radius 1 is 0.966 bits per heavy atom. The lowest BCUT2D eigenvalue weighted by atomic mass is 9.97. The summed E-state index contributed by atoms with van der Waals surface area (Å²) in [7, 11) is 0. The van der Waals surface area contributed by atoms with Crippen molar-refractivity contribution in [3.8, 4) is 5.75 Å². The van der Waals surface area contributed by atoms with Gasteiger partial charge in [-0.25, -0.2) is 4.79 Å². The second-order valence-electron chi connectivity index (χ2n) is 6.94. The molecule has 1 aliphatic heterocycles. The minimum Gasteiger partial charge on any atom is -0.481 e.